The Bertz CT molecular complexity index is 323. The lowest BCUT2D eigenvalue weighted by Crippen LogP contribution is -2.06. The summed E-state index contributed by atoms with van der Waals surface area (Å²) >= 11 is 1.74. The van der Waals surface area contributed by atoms with Crippen molar-refractivity contribution in [2.45, 2.75) is 6.42 Å². The summed E-state index contributed by atoms with van der Waals surface area (Å²) in [6, 6.07) is 4.62. The van der Waals surface area contributed by atoms with Crippen molar-refractivity contribution >= 4 is 23.1 Å². The predicted octanol–water partition coefficient (Wildman–Crippen LogP) is 1.94. The SMILES string of the molecule is Nc1ccc(NCCSCCCO)c(F)c1. The standard InChI is InChI=1S/C11H17FN2OS/c12-10-8-9(13)2-3-11(10)14-4-7-16-6-1-5-15/h2-3,8,14-15H,1,4-7,13H2. The van der Waals surface area contributed by atoms with Gasteiger partial charge in [-0.3, -0.25) is 0 Å². The zero-order valence-corrected chi connectivity index (χ0v) is 9.89. The zero-order valence-electron chi connectivity index (χ0n) is 9.08. The van der Waals surface area contributed by atoms with E-state index in [0.29, 0.717) is 17.9 Å². The molecular formula is C11H17FN2OS. The lowest BCUT2D eigenvalue weighted by atomic mass is 10.2. The Morgan fingerprint density at radius 1 is 1.38 bits per heavy atom. The minimum Gasteiger partial charge on any atom is -0.399 e. The van der Waals surface area contributed by atoms with Crippen molar-refractivity contribution in [1.82, 2.24) is 0 Å². The van der Waals surface area contributed by atoms with Crippen LogP contribution in [0.25, 0.3) is 0 Å². The number of thioether (sulfide) groups is 1. The molecule has 0 heterocycles. The minimum atomic E-state index is -0.319. The Kier molecular flexibility index (Phi) is 6.03. The summed E-state index contributed by atoms with van der Waals surface area (Å²) in [5.74, 6) is 1.51. The van der Waals surface area contributed by atoms with Crippen molar-refractivity contribution in [1.29, 1.82) is 0 Å². The molecule has 1 aromatic rings. The maximum atomic E-state index is 13.3. The van der Waals surface area contributed by atoms with E-state index in [9.17, 15) is 4.39 Å². The Hall–Kier alpha value is -0.940. The van der Waals surface area contributed by atoms with E-state index in [0.717, 1.165) is 17.9 Å². The normalized spacial score (nSPS) is 10.4. The fourth-order valence-corrected chi connectivity index (χ4v) is 1.99. The highest BCUT2D eigenvalue weighted by Crippen LogP contribution is 2.16. The molecular weight excluding hydrogens is 227 g/mol. The van der Waals surface area contributed by atoms with Gasteiger partial charge < -0.3 is 16.2 Å². The van der Waals surface area contributed by atoms with Crippen molar-refractivity contribution in [3.8, 4) is 0 Å². The molecule has 0 aliphatic rings. The van der Waals surface area contributed by atoms with Crippen LogP contribution >= 0.6 is 11.8 Å². The second kappa shape index (κ2) is 7.35. The molecule has 0 aliphatic heterocycles. The van der Waals surface area contributed by atoms with Crippen LogP contribution in [-0.4, -0.2) is 29.8 Å². The third-order valence-corrected chi connectivity index (χ3v) is 3.07. The average molecular weight is 244 g/mol. The molecule has 90 valence electrons. The third-order valence-electron chi connectivity index (χ3n) is 2.00. The summed E-state index contributed by atoms with van der Waals surface area (Å²) in [5, 5.41) is 11.6. The quantitative estimate of drug-likeness (QED) is 0.507. The maximum absolute atomic E-state index is 13.3. The van der Waals surface area contributed by atoms with E-state index in [1.165, 1.54) is 6.07 Å². The summed E-state index contributed by atoms with van der Waals surface area (Å²) in [7, 11) is 0. The molecule has 0 fully saturated rings. The maximum Gasteiger partial charge on any atom is 0.148 e. The smallest absolute Gasteiger partial charge is 0.148 e. The van der Waals surface area contributed by atoms with Crippen molar-refractivity contribution < 1.29 is 9.50 Å². The Labute approximate surface area is 99.2 Å². The second-order valence-electron chi connectivity index (χ2n) is 3.36. The number of halogens is 1. The molecule has 3 nitrogen and oxygen atoms in total. The Morgan fingerprint density at radius 2 is 2.19 bits per heavy atom. The molecule has 1 aromatic carbocycles. The van der Waals surface area contributed by atoms with Crippen molar-refractivity contribution in [2.24, 2.45) is 0 Å². The highest BCUT2D eigenvalue weighted by molar-refractivity contribution is 7.99. The van der Waals surface area contributed by atoms with Crippen LogP contribution < -0.4 is 11.1 Å². The van der Waals surface area contributed by atoms with Gasteiger partial charge in [-0.25, -0.2) is 4.39 Å². The molecule has 0 unspecified atom stereocenters. The number of hydrogen-bond acceptors (Lipinski definition) is 4. The van der Waals surface area contributed by atoms with Gasteiger partial charge in [0.2, 0.25) is 0 Å². The van der Waals surface area contributed by atoms with Crippen molar-refractivity contribution in [2.75, 3.05) is 35.7 Å². The van der Waals surface area contributed by atoms with Crippen LogP contribution in [0, 0.1) is 5.82 Å². The second-order valence-corrected chi connectivity index (χ2v) is 4.58. The molecule has 0 aliphatic carbocycles. The molecule has 0 atom stereocenters. The van der Waals surface area contributed by atoms with Crippen molar-refractivity contribution in [3.05, 3.63) is 24.0 Å². The highest BCUT2D eigenvalue weighted by atomic mass is 32.2. The van der Waals surface area contributed by atoms with E-state index in [-0.39, 0.29) is 12.4 Å². The molecule has 1 rings (SSSR count). The first kappa shape index (κ1) is 13.1. The van der Waals surface area contributed by atoms with Gasteiger partial charge in [-0.1, -0.05) is 0 Å². The fraction of sp³-hybridized carbons (Fsp3) is 0.455. The van der Waals surface area contributed by atoms with Gasteiger partial charge in [0.15, 0.2) is 0 Å². The van der Waals surface area contributed by atoms with Gasteiger partial charge in [0, 0.05) is 24.6 Å². The van der Waals surface area contributed by atoms with E-state index in [1.54, 1.807) is 23.9 Å². The molecule has 16 heavy (non-hydrogen) atoms. The van der Waals surface area contributed by atoms with Gasteiger partial charge in [-0.15, -0.1) is 0 Å². The zero-order chi connectivity index (χ0) is 11.8. The van der Waals surface area contributed by atoms with Crippen LogP contribution in [0.2, 0.25) is 0 Å². The van der Waals surface area contributed by atoms with E-state index >= 15 is 0 Å². The average Bonchev–Trinajstić information content (AvgIpc) is 2.26. The van der Waals surface area contributed by atoms with Gasteiger partial charge in [0.05, 0.1) is 5.69 Å². The molecule has 4 N–H and O–H groups in total. The molecule has 0 aromatic heterocycles. The van der Waals surface area contributed by atoms with Crippen LogP contribution in [0.4, 0.5) is 15.8 Å². The molecule has 5 heteroatoms. The fourth-order valence-electron chi connectivity index (χ4n) is 1.20. The van der Waals surface area contributed by atoms with Crippen LogP contribution in [0.5, 0.6) is 0 Å². The first-order chi connectivity index (χ1) is 7.74. The monoisotopic (exact) mass is 244 g/mol. The van der Waals surface area contributed by atoms with Crippen LogP contribution in [0.3, 0.4) is 0 Å². The van der Waals surface area contributed by atoms with Crippen molar-refractivity contribution in [3.63, 3.8) is 0 Å². The molecule has 0 radical (unpaired) electrons. The van der Waals surface area contributed by atoms with E-state index in [1.807, 2.05) is 0 Å². The first-order valence-corrected chi connectivity index (χ1v) is 6.37. The number of nitrogens with two attached hydrogens (primary N) is 1. The van der Waals surface area contributed by atoms with Gasteiger partial charge in [-0.05, 0) is 30.4 Å². The molecule has 0 amide bonds. The summed E-state index contributed by atoms with van der Waals surface area (Å²) in [4.78, 5) is 0. The van der Waals surface area contributed by atoms with Gasteiger partial charge in [-0.2, -0.15) is 11.8 Å². The van der Waals surface area contributed by atoms with Crippen LogP contribution in [0.15, 0.2) is 18.2 Å². The Balaban J connectivity index is 2.21. The molecule has 0 saturated carbocycles. The number of nitrogens with one attached hydrogen (secondary N) is 1. The number of aliphatic hydroxyl groups excluding tert-OH is 1. The van der Waals surface area contributed by atoms with Crippen LogP contribution in [0.1, 0.15) is 6.42 Å². The van der Waals surface area contributed by atoms with Crippen LogP contribution in [-0.2, 0) is 0 Å². The predicted molar refractivity (Wildman–Crippen MR) is 68.3 cm³/mol. The number of benzene rings is 1. The summed E-state index contributed by atoms with van der Waals surface area (Å²) < 4.78 is 13.3. The molecule has 0 spiro atoms. The third kappa shape index (κ3) is 4.72. The summed E-state index contributed by atoms with van der Waals surface area (Å²) in [6.07, 6.45) is 0.806. The number of aliphatic hydroxyl groups is 1. The number of nitrogen functional groups attached to an aromatic ring is 1. The lowest BCUT2D eigenvalue weighted by molar-refractivity contribution is 0.296. The van der Waals surface area contributed by atoms with Gasteiger partial charge in [0.25, 0.3) is 0 Å². The van der Waals surface area contributed by atoms with E-state index < -0.39 is 0 Å². The van der Waals surface area contributed by atoms with Gasteiger partial charge >= 0.3 is 0 Å². The van der Waals surface area contributed by atoms with E-state index in [2.05, 4.69) is 5.32 Å². The van der Waals surface area contributed by atoms with E-state index in [4.69, 9.17) is 10.8 Å². The summed E-state index contributed by atoms with van der Waals surface area (Å²) in [6.45, 7) is 0.934. The largest absolute Gasteiger partial charge is 0.399 e. The number of rotatable bonds is 7. The summed E-state index contributed by atoms with van der Waals surface area (Å²) in [5.41, 5.74) is 6.36. The minimum absolute atomic E-state index is 0.229. The first-order valence-electron chi connectivity index (χ1n) is 5.21. The topological polar surface area (TPSA) is 58.3 Å². The Morgan fingerprint density at radius 3 is 2.88 bits per heavy atom. The van der Waals surface area contributed by atoms with Gasteiger partial charge in [0.1, 0.15) is 5.82 Å². The number of hydrogen-bond donors (Lipinski definition) is 3. The number of anilines is 2. The lowest BCUT2D eigenvalue weighted by Gasteiger charge is -2.07. The molecule has 0 saturated heterocycles. The highest BCUT2D eigenvalue weighted by Gasteiger charge is 2.00. The molecule has 0 bridgehead atoms.